The van der Waals surface area contributed by atoms with E-state index in [1.54, 1.807) is 0 Å². The number of hydrogen-bond donors (Lipinski definition) is 4. The second-order valence-electron chi connectivity index (χ2n) is 2.38. The predicted octanol–water partition coefficient (Wildman–Crippen LogP) is 0.0765. The molecule has 6 heteroatoms. The van der Waals surface area contributed by atoms with Crippen molar-refractivity contribution in [2.45, 2.75) is 6.92 Å². The van der Waals surface area contributed by atoms with Crippen LogP contribution in [0.5, 0.6) is 0 Å². The number of rotatable bonds is 2. The van der Waals surface area contributed by atoms with Crippen LogP contribution >= 0.6 is 12.2 Å². The van der Waals surface area contributed by atoms with Gasteiger partial charge in [-0.2, -0.15) is 5.10 Å². The number of thiocarbonyl (C=S) groups is 1. The lowest BCUT2D eigenvalue weighted by Gasteiger charge is -2.01. The van der Waals surface area contributed by atoms with E-state index < -0.39 is 0 Å². The number of hydrazine groups is 1. The van der Waals surface area contributed by atoms with Crippen molar-refractivity contribution in [2.75, 3.05) is 0 Å². The second-order valence-corrected chi connectivity index (χ2v) is 2.79. The molecule has 1 aromatic heterocycles. The summed E-state index contributed by atoms with van der Waals surface area (Å²) in [5, 5.41) is 4.29. The van der Waals surface area contributed by atoms with Crippen LogP contribution in [0, 0.1) is 0 Å². The number of nitrogens with two attached hydrogens (primary N) is 1. The van der Waals surface area contributed by atoms with E-state index >= 15 is 0 Å². The molecular weight excluding hydrogens is 186 g/mol. The van der Waals surface area contributed by atoms with Crippen LogP contribution in [0.4, 0.5) is 0 Å². The highest BCUT2D eigenvalue weighted by Gasteiger charge is 1.96. The molecular formula is C7H11N5S. The minimum absolute atomic E-state index is 0.287. The molecule has 0 spiro atoms. The van der Waals surface area contributed by atoms with Crippen LogP contribution in [0.1, 0.15) is 12.5 Å². The Morgan fingerprint density at radius 1 is 1.69 bits per heavy atom. The zero-order chi connectivity index (χ0) is 9.68. The summed E-state index contributed by atoms with van der Waals surface area (Å²) in [6.45, 7) is 1.87. The lowest BCUT2D eigenvalue weighted by atomic mass is 10.2. The summed E-state index contributed by atoms with van der Waals surface area (Å²) >= 11 is 4.74. The molecule has 0 aliphatic rings. The average Bonchev–Trinajstić information content (AvgIpc) is 2.66. The highest BCUT2D eigenvalue weighted by Crippen LogP contribution is 1.97. The van der Waals surface area contributed by atoms with Crippen LogP contribution in [0.2, 0.25) is 0 Å². The summed E-state index contributed by atoms with van der Waals surface area (Å²) in [4.78, 5) is 2.93. The number of nitrogens with one attached hydrogen (secondary N) is 3. The van der Waals surface area contributed by atoms with Crippen LogP contribution < -0.4 is 16.7 Å². The molecule has 0 amide bonds. The lowest BCUT2D eigenvalue weighted by molar-refractivity contribution is 0.925. The third-order valence-corrected chi connectivity index (χ3v) is 1.68. The van der Waals surface area contributed by atoms with Gasteiger partial charge in [0.1, 0.15) is 0 Å². The van der Waals surface area contributed by atoms with Gasteiger partial charge in [-0.05, 0) is 25.2 Å². The van der Waals surface area contributed by atoms with Crippen molar-refractivity contribution in [1.29, 1.82) is 0 Å². The summed E-state index contributed by atoms with van der Waals surface area (Å²) in [5.74, 6) is 5.05. The van der Waals surface area contributed by atoms with Gasteiger partial charge >= 0.3 is 0 Å². The second kappa shape index (κ2) is 4.58. The van der Waals surface area contributed by atoms with Gasteiger partial charge in [-0.3, -0.25) is 10.9 Å². The molecule has 0 aliphatic heterocycles. The van der Waals surface area contributed by atoms with Gasteiger partial charge in [0.15, 0.2) is 0 Å². The fourth-order valence-electron chi connectivity index (χ4n) is 0.780. The molecule has 0 saturated carbocycles. The third-order valence-electron chi connectivity index (χ3n) is 1.47. The fourth-order valence-corrected chi connectivity index (χ4v) is 0.826. The van der Waals surface area contributed by atoms with Crippen molar-refractivity contribution < 1.29 is 0 Å². The van der Waals surface area contributed by atoms with E-state index in [4.69, 9.17) is 18.1 Å². The van der Waals surface area contributed by atoms with Gasteiger partial charge in [-0.25, -0.2) is 5.84 Å². The third kappa shape index (κ3) is 2.85. The van der Waals surface area contributed by atoms with E-state index in [9.17, 15) is 0 Å². The first kappa shape index (κ1) is 9.69. The fraction of sp³-hybridized carbons (Fsp3) is 0.143. The number of aromatic amines is 1. The Labute approximate surface area is 81.4 Å². The van der Waals surface area contributed by atoms with Crippen molar-refractivity contribution >= 4 is 23.0 Å². The Morgan fingerprint density at radius 3 is 3.00 bits per heavy atom. The van der Waals surface area contributed by atoms with E-state index in [1.165, 1.54) is 0 Å². The van der Waals surface area contributed by atoms with Crippen LogP contribution in [0.15, 0.2) is 23.6 Å². The molecule has 0 radical (unpaired) electrons. The van der Waals surface area contributed by atoms with Crippen molar-refractivity contribution in [3.05, 3.63) is 24.0 Å². The van der Waals surface area contributed by atoms with Gasteiger partial charge in [0.25, 0.3) is 0 Å². The van der Waals surface area contributed by atoms with Gasteiger partial charge in [-0.1, -0.05) is 0 Å². The van der Waals surface area contributed by atoms with E-state index in [0.29, 0.717) is 0 Å². The molecule has 0 bridgehead atoms. The Balaban J connectivity index is 2.57. The first-order valence-corrected chi connectivity index (χ1v) is 4.09. The summed E-state index contributed by atoms with van der Waals surface area (Å²) in [6.07, 6.45) is 3.67. The van der Waals surface area contributed by atoms with Gasteiger partial charge in [0.2, 0.25) is 5.11 Å². The zero-order valence-corrected chi connectivity index (χ0v) is 7.98. The molecule has 1 rings (SSSR count). The van der Waals surface area contributed by atoms with Crippen molar-refractivity contribution in [2.24, 2.45) is 10.9 Å². The molecule has 0 aliphatic carbocycles. The number of hydrazone groups is 1. The van der Waals surface area contributed by atoms with E-state index in [-0.39, 0.29) is 5.11 Å². The van der Waals surface area contributed by atoms with E-state index in [1.807, 2.05) is 25.4 Å². The number of hydrogen-bond acceptors (Lipinski definition) is 3. The summed E-state index contributed by atoms with van der Waals surface area (Å²) < 4.78 is 0. The maximum absolute atomic E-state index is 5.05. The topological polar surface area (TPSA) is 78.2 Å². The van der Waals surface area contributed by atoms with Crippen molar-refractivity contribution in [3.63, 3.8) is 0 Å². The predicted molar refractivity (Wildman–Crippen MR) is 56.1 cm³/mol. The van der Waals surface area contributed by atoms with Crippen LogP contribution in [0.3, 0.4) is 0 Å². The first-order chi connectivity index (χ1) is 6.24. The Hall–Kier alpha value is -1.40. The molecule has 0 fully saturated rings. The van der Waals surface area contributed by atoms with Gasteiger partial charge < -0.3 is 4.98 Å². The Kier molecular flexibility index (Phi) is 3.41. The van der Waals surface area contributed by atoms with E-state index in [0.717, 1.165) is 11.3 Å². The SMILES string of the molecule is CC(=NNC(=S)NN)c1cc[nH]c1. The molecule has 0 saturated heterocycles. The number of aromatic nitrogens is 1. The lowest BCUT2D eigenvalue weighted by Crippen LogP contribution is -2.37. The first-order valence-electron chi connectivity index (χ1n) is 3.68. The molecule has 70 valence electrons. The largest absolute Gasteiger partial charge is 0.367 e. The molecule has 1 aromatic rings. The molecule has 0 aromatic carbocycles. The summed E-state index contributed by atoms with van der Waals surface area (Å²) in [7, 11) is 0. The Morgan fingerprint density at radius 2 is 2.46 bits per heavy atom. The maximum Gasteiger partial charge on any atom is 0.201 e. The standard InChI is InChI=1S/C7H11N5S/c1-5(6-2-3-9-4-6)11-12-7(13)10-8/h2-4,9H,8H2,1H3,(H2,10,12,13). The molecule has 1 heterocycles. The van der Waals surface area contributed by atoms with Crippen LogP contribution in [-0.2, 0) is 0 Å². The molecule has 13 heavy (non-hydrogen) atoms. The van der Waals surface area contributed by atoms with Crippen LogP contribution in [0.25, 0.3) is 0 Å². The minimum atomic E-state index is 0.287. The van der Waals surface area contributed by atoms with Crippen LogP contribution in [-0.4, -0.2) is 15.8 Å². The quantitative estimate of drug-likeness (QED) is 0.234. The van der Waals surface area contributed by atoms with Crippen molar-refractivity contribution in [3.8, 4) is 0 Å². The van der Waals surface area contributed by atoms with E-state index in [2.05, 4.69) is 20.9 Å². The molecule has 5 nitrogen and oxygen atoms in total. The van der Waals surface area contributed by atoms with Crippen molar-refractivity contribution in [1.82, 2.24) is 15.8 Å². The Bertz CT molecular complexity index is 303. The van der Waals surface area contributed by atoms with Gasteiger partial charge in [0.05, 0.1) is 5.71 Å². The maximum atomic E-state index is 5.05. The molecule has 0 atom stereocenters. The van der Waals surface area contributed by atoms with Gasteiger partial charge in [-0.15, -0.1) is 0 Å². The minimum Gasteiger partial charge on any atom is -0.367 e. The smallest absolute Gasteiger partial charge is 0.201 e. The van der Waals surface area contributed by atoms with Gasteiger partial charge in [0, 0.05) is 18.0 Å². The normalized spacial score (nSPS) is 11.1. The highest BCUT2D eigenvalue weighted by molar-refractivity contribution is 7.80. The molecule has 0 unspecified atom stereocenters. The molecule has 5 N–H and O–H groups in total. The summed E-state index contributed by atoms with van der Waals surface area (Å²) in [6, 6.07) is 1.92. The summed E-state index contributed by atoms with van der Waals surface area (Å²) in [5.41, 5.74) is 6.70. The highest BCUT2D eigenvalue weighted by atomic mass is 32.1. The zero-order valence-electron chi connectivity index (χ0n) is 7.16. The number of nitrogens with zero attached hydrogens (tertiary/aromatic N) is 1. The number of H-pyrrole nitrogens is 1. The average molecular weight is 197 g/mol. The monoisotopic (exact) mass is 197 g/mol.